The minimum absolute atomic E-state index is 0.166. The van der Waals surface area contributed by atoms with E-state index in [0.717, 1.165) is 47.5 Å². The van der Waals surface area contributed by atoms with E-state index in [1.165, 1.54) is 5.56 Å². The Morgan fingerprint density at radius 1 is 1.00 bits per heavy atom. The molecular formula is C30H33N5O2. The molecule has 1 unspecified atom stereocenters. The summed E-state index contributed by atoms with van der Waals surface area (Å²) in [6, 6.07) is 23.1. The van der Waals surface area contributed by atoms with E-state index >= 15 is 0 Å². The summed E-state index contributed by atoms with van der Waals surface area (Å²) in [4.78, 5) is 28.7. The van der Waals surface area contributed by atoms with Crippen molar-refractivity contribution in [3.8, 4) is 16.9 Å². The first kappa shape index (κ1) is 25.8. The van der Waals surface area contributed by atoms with E-state index in [1.807, 2.05) is 65.5 Å². The SMILES string of the molecule is CCc1ccccc1-n1nc(-c2cccnc2)cc1CCCCC(=O)NC(Cc1ccccc1)C(N)=O. The molecule has 2 amide bonds. The van der Waals surface area contributed by atoms with Crippen molar-refractivity contribution < 1.29 is 9.59 Å². The number of nitrogens with one attached hydrogen (secondary N) is 1. The number of carbonyl (C=O) groups is 2. The van der Waals surface area contributed by atoms with Gasteiger partial charge in [0.05, 0.1) is 11.4 Å². The van der Waals surface area contributed by atoms with Gasteiger partial charge >= 0.3 is 0 Å². The number of hydrogen-bond acceptors (Lipinski definition) is 4. The van der Waals surface area contributed by atoms with Crippen LogP contribution in [0.4, 0.5) is 0 Å². The molecule has 7 heteroatoms. The molecule has 3 N–H and O–H groups in total. The minimum Gasteiger partial charge on any atom is -0.368 e. The number of para-hydroxylation sites is 1. The third-order valence-electron chi connectivity index (χ3n) is 6.39. The van der Waals surface area contributed by atoms with Crippen LogP contribution >= 0.6 is 0 Å². The second kappa shape index (κ2) is 12.6. The number of aryl methyl sites for hydroxylation is 2. The summed E-state index contributed by atoms with van der Waals surface area (Å²) in [7, 11) is 0. The van der Waals surface area contributed by atoms with E-state index in [9.17, 15) is 9.59 Å². The fourth-order valence-corrected chi connectivity index (χ4v) is 4.41. The lowest BCUT2D eigenvalue weighted by molar-refractivity contribution is -0.127. The second-order valence-electron chi connectivity index (χ2n) is 9.08. The lowest BCUT2D eigenvalue weighted by Crippen LogP contribution is -2.45. The van der Waals surface area contributed by atoms with Gasteiger partial charge in [-0.2, -0.15) is 5.10 Å². The number of aromatic nitrogens is 3. The van der Waals surface area contributed by atoms with Gasteiger partial charge in [0.25, 0.3) is 0 Å². The number of benzene rings is 2. The first-order chi connectivity index (χ1) is 18.0. The van der Waals surface area contributed by atoms with Gasteiger partial charge in [-0.25, -0.2) is 4.68 Å². The molecule has 190 valence electrons. The van der Waals surface area contributed by atoms with Crippen LogP contribution in [0.25, 0.3) is 16.9 Å². The van der Waals surface area contributed by atoms with Crippen molar-refractivity contribution in [2.45, 2.75) is 51.5 Å². The predicted octanol–water partition coefficient (Wildman–Crippen LogP) is 4.42. The largest absolute Gasteiger partial charge is 0.368 e. The highest BCUT2D eigenvalue weighted by molar-refractivity contribution is 5.86. The van der Waals surface area contributed by atoms with Crippen molar-refractivity contribution in [3.63, 3.8) is 0 Å². The Hall–Kier alpha value is -4.26. The molecule has 0 aliphatic carbocycles. The van der Waals surface area contributed by atoms with Gasteiger partial charge < -0.3 is 11.1 Å². The van der Waals surface area contributed by atoms with Crippen LogP contribution in [0.5, 0.6) is 0 Å². The molecule has 0 spiro atoms. The van der Waals surface area contributed by atoms with Gasteiger partial charge in [0.2, 0.25) is 11.8 Å². The number of nitrogens with two attached hydrogens (primary N) is 1. The van der Waals surface area contributed by atoms with Crippen molar-refractivity contribution in [1.82, 2.24) is 20.1 Å². The summed E-state index contributed by atoms with van der Waals surface area (Å²) in [5, 5.41) is 7.72. The molecule has 0 saturated heterocycles. The summed E-state index contributed by atoms with van der Waals surface area (Å²) >= 11 is 0. The highest BCUT2D eigenvalue weighted by atomic mass is 16.2. The third-order valence-corrected chi connectivity index (χ3v) is 6.39. The van der Waals surface area contributed by atoms with E-state index < -0.39 is 11.9 Å². The van der Waals surface area contributed by atoms with Crippen LogP contribution in [-0.2, 0) is 28.9 Å². The van der Waals surface area contributed by atoms with Gasteiger partial charge in [-0.05, 0) is 61.1 Å². The first-order valence-electron chi connectivity index (χ1n) is 12.8. The number of rotatable bonds is 12. The lowest BCUT2D eigenvalue weighted by Gasteiger charge is -2.15. The highest BCUT2D eigenvalue weighted by Gasteiger charge is 2.19. The molecule has 2 aromatic heterocycles. The molecule has 37 heavy (non-hydrogen) atoms. The monoisotopic (exact) mass is 495 g/mol. The normalized spacial score (nSPS) is 11.7. The number of amides is 2. The van der Waals surface area contributed by atoms with Crippen molar-refractivity contribution in [3.05, 3.63) is 102 Å². The average molecular weight is 496 g/mol. The molecule has 2 heterocycles. The summed E-state index contributed by atoms with van der Waals surface area (Å²) in [5.41, 5.74) is 11.7. The Kier molecular flexibility index (Phi) is 8.81. The number of unbranched alkanes of at least 4 members (excludes halogenated alkanes) is 1. The second-order valence-corrected chi connectivity index (χ2v) is 9.08. The number of pyridine rings is 1. The van der Waals surface area contributed by atoms with Crippen LogP contribution in [-0.4, -0.2) is 32.6 Å². The Morgan fingerprint density at radius 3 is 2.51 bits per heavy atom. The quantitative estimate of drug-likeness (QED) is 0.284. The van der Waals surface area contributed by atoms with Gasteiger partial charge in [-0.1, -0.05) is 55.5 Å². The summed E-state index contributed by atoms with van der Waals surface area (Å²) in [5.74, 6) is -0.695. The van der Waals surface area contributed by atoms with Gasteiger partial charge in [-0.3, -0.25) is 14.6 Å². The lowest BCUT2D eigenvalue weighted by atomic mass is 10.0. The molecule has 0 aliphatic rings. The number of hydrogen-bond donors (Lipinski definition) is 2. The Bertz CT molecular complexity index is 1320. The smallest absolute Gasteiger partial charge is 0.240 e. The summed E-state index contributed by atoms with van der Waals surface area (Å²) < 4.78 is 2.02. The number of carbonyl (C=O) groups excluding carboxylic acids is 2. The van der Waals surface area contributed by atoms with Crippen molar-refractivity contribution in [1.29, 1.82) is 0 Å². The first-order valence-corrected chi connectivity index (χ1v) is 12.8. The average Bonchev–Trinajstić information content (AvgIpc) is 3.35. The number of nitrogens with zero attached hydrogens (tertiary/aromatic N) is 3. The van der Waals surface area contributed by atoms with Gasteiger partial charge in [-0.15, -0.1) is 0 Å². The molecule has 0 bridgehead atoms. The van der Waals surface area contributed by atoms with Crippen molar-refractivity contribution >= 4 is 11.8 Å². The van der Waals surface area contributed by atoms with Crippen molar-refractivity contribution in [2.75, 3.05) is 0 Å². The van der Waals surface area contributed by atoms with Crippen LogP contribution in [0, 0.1) is 0 Å². The maximum Gasteiger partial charge on any atom is 0.240 e. The maximum absolute atomic E-state index is 12.6. The molecule has 2 aromatic carbocycles. The zero-order valence-electron chi connectivity index (χ0n) is 21.1. The molecule has 0 fully saturated rings. The van der Waals surface area contributed by atoms with E-state index in [1.54, 1.807) is 6.20 Å². The van der Waals surface area contributed by atoms with E-state index in [0.29, 0.717) is 19.3 Å². The molecule has 4 aromatic rings. The predicted molar refractivity (Wildman–Crippen MR) is 145 cm³/mol. The molecule has 0 aliphatic heterocycles. The van der Waals surface area contributed by atoms with E-state index in [2.05, 4.69) is 35.4 Å². The van der Waals surface area contributed by atoms with Gasteiger partial charge in [0, 0.05) is 36.5 Å². The zero-order chi connectivity index (χ0) is 26.0. The molecule has 1 atom stereocenters. The minimum atomic E-state index is -0.719. The Balaban J connectivity index is 1.40. The fraction of sp³-hybridized carbons (Fsp3) is 0.267. The highest BCUT2D eigenvalue weighted by Crippen LogP contribution is 2.24. The van der Waals surface area contributed by atoms with Gasteiger partial charge in [0.1, 0.15) is 6.04 Å². The maximum atomic E-state index is 12.6. The van der Waals surface area contributed by atoms with E-state index in [-0.39, 0.29) is 5.91 Å². The molecule has 0 radical (unpaired) electrons. The summed E-state index contributed by atoms with van der Waals surface area (Å²) in [6.07, 6.45) is 7.44. The zero-order valence-corrected chi connectivity index (χ0v) is 21.1. The van der Waals surface area contributed by atoms with Gasteiger partial charge in [0.15, 0.2) is 0 Å². The van der Waals surface area contributed by atoms with Crippen LogP contribution in [0.15, 0.2) is 85.2 Å². The van der Waals surface area contributed by atoms with Crippen LogP contribution < -0.4 is 11.1 Å². The topological polar surface area (TPSA) is 103 Å². The summed E-state index contributed by atoms with van der Waals surface area (Å²) in [6.45, 7) is 2.14. The van der Waals surface area contributed by atoms with E-state index in [4.69, 9.17) is 10.8 Å². The van der Waals surface area contributed by atoms with Crippen LogP contribution in [0.1, 0.15) is 43.0 Å². The van der Waals surface area contributed by atoms with Crippen molar-refractivity contribution in [2.24, 2.45) is 5.73 Å². The van der Waals surface area contributed by atoms with Crippen LogP contribution in [0.2, 0.25) is 0 Å². The third kappa shape index (κ3) is 6.91. The number of primary amides is 1. The molecule has 4 rings (SSSR count). The standard InChI is InChI=1S/C30H33N5O2/c1-2-23-13-6-8-16-28(23)35-25(20-26(34-35)24-14-10-18-32-21-24)15-7-9-17-29(36)33-27(30(31)37)19-22-11-4-3-5-12-22/h3-6,8,10-14,16,18,20-21,27H,2,7,9,15,17,19H2,1H3,(H2,31,37)(H,33,36). The fourth-order valence-electron chi connectivity index (χ4n) is 4.41. The van der Waals surface area contributed by atoms with Crippen LogP contribution in [0.3, 0.4) is 0 Å². The molecular weight excluding hydrogens is 462 g/mol. The molecule has 0 saturated carbocycles. The Labute approximate surface area is 217 Å². The molecule has 7 nitrogen and oxygen atoms in total. The Morgan fingerprint density at radius 2 is 1.78 bits per heavy atom.